The summed E-state index contributed by atoms with van der Waals surface area (Å²) in [4.78, 5) is 29.5. The second kappa shape index (κ2) is 7.98. The Morgan fingerprint density at radius 2 is 1.91 bits per heavy atom. The highest BCUT2D eigenvalue weighted by molar-refractivity contribution is 7.13. The van der Waals surface area contributed by atoms with Crippen molar-refractivity contribution in [1.29, 1.82) is 0 Å². The first-order valence-electron chi connectivity index (χ1n) is 10.3. The molecule has 1 N–H and O–H groups in total. The third-order valence-electron chi connectivity index (χ3n) is 6.14. The highest BCUT2D eigenvalue weighted by Gasteiger charge is 2.68. The van der Waals surface area contributed by atoms with E-state index in [2.05, 4.69) is 10.3 Å². The van der Waals surface area contributed by atoms with Gasteiger partial charge in [0, 0.05) is 29.0 Å². The molecule has 6 rings (SSSR count). The van der Waals surface area contributed by atoms with Gasteiger partial charge in [0.2, 0.25) is 0 Å². The molecule has 164 valence electrons. The zero-order valence-electron chi connectivity index (χ0n) is 17.1. The van der Waals surface area contributed by atoms with Gasteiger partial charge in [0.25, 0.3) is 5.91 Å². The van der Waals surface area contributed by atoms with E-state index in [1.165, 1.54) is 29.5 Å². The van der Waals surface area contributed by atoms with Crippen molar-refractivity contribution in [2.75, 3.05) is 6.61 Å². The summed E-state index contributed by atoms with van der Waals surface area (Å²) >= 11 is 7.10. The normalized spacial score (nSPS) is 23.1. The number of hydrogen-bond acceptors (Lipinski definition) is 5. The molecule has 0 saturated heterocycles. The summed E-state index contributed by atoms with van der Waals surface area (Å²) in [6.07, 6.45) is 2.74. The van der Waals surface area contributed by atoms with E-state index in [9.17, 15) is 14.0 Å². The number of nitrogens with zero attached hydrogens (tertiary/aromatic N) is 1. The van der Waals surface area contributed by atoms with Gasteiger partial charge in [-0.05, 0) is 36.8 Å². The summed E-state index contributed by atoms with van der Waals surface area (Å²) in [7, 11) is 0. The number of amides is 1. The number of halogens is 2. The Labute approximate surface area is 193 Å². The van der Waals surface area contributed by atoms with E-state index >= 15 is 0 Å². The maximum absolute atomic E-state index is 13.5. The lowest BCUT2D eigenvalue weighted by Gasteiger charge is -2.70. The molecule has 0 unspecified atom stereocenters. The average molecular weight is 471 g/mol. The van der Waals surface area contributed by atoms with Gasteiger partial charge in [-0.1, -0.05) is 41.9 Å². The van der Waals surface area contributed by atoms with Crippen molar-refractivity contribution in [3.05, 3.63) is 70.4 Å². The second-order valence-electron chi connectivity index (χ2n) is 8.75. The van der Waals surface area contributed by atoms with Crippen LogP contribution in [0, 0.1) is 11.2 Å². The lowest BCUT2D eigenvalue weighted by molar-refractivity contribution is -0.162. The van der Waals surface area contributed by atoms with Crippen LogP contribution < -0.4 is 10.1 Å². The van der Waals surface area contributed by atoms with Crippen LogP contribution in [0.15, 0.2) is 53.9 Å². The molecule has 2 bridgehead atoms. The van der Waals surface area contributed by atoms with Crippen LogP contribution in [0.3, 0.4) is 0 Å². The number of ether oxygens (including phenoxy) is 1. The molecule has 3 aliphatic carbocycles. The molecule has 5 nitrogen and oxygen atoms in total. The molecule has 0 aliphatic heterocycles. The second-order valence-corrected chi connectivity index (χ2v) is 10.0. The SMILES string of the molecule is O=C(COc1ccc(Cl)c(F)c1)CC12CC(NC(=O)c3csc(-c4ccccc4)n3)(C1)C2. The van der Waals surface area contributed by atoms with E-state index in [4.69, 9.17) is 16.3 Å². The molecule has 3 aromatic rings. The standard InChI is InChI=1S/C24H20ClFN2O3S/c25-18-7-6-17(8-19(18)26)31-10-16(29)9-23-12-24(13-23,14-23)28-21(30)20-11-32-22(27-20)15-4-2-1-3-5-15/h1-8,11H,9-10,12-14H2,(H,28,30). The minimum absolute atomic E-state index is 0.0128. The largest absolute Gasteiger partial charge is 0.486 e. The number of thiazole rings is 1. The number of ketones is 1. The van der Waals surface area contributed by atoms with Gasteiger partial charge in [-0.25, -0.2) is 9.37 Å². The minimum atomic E-state index is -0.579. The van der Waals surface area contributed by atoms with Crippen molar-refractivity contribution in [2.24, 2.45) is 5.41 Å². The van der Waals surface area contributed by atoms with Crippen molar-refractivity contribution < 1.29 is 18.7 Å². The molecule has 1 amide bonds. The summed E-state index contributed by atoms with van der Waals surface area (Å²) in [6.45, 7) is -0.108. The molecule has 8 heteroatoms. The highest BCUT2D eigenvalue weighted by atomic mass is 35.5. The maximum Gasteiger partial charge on any atom is 0.271 e. The van der Waals surface area contributed by atoms with E-state index in [1.807, 2.05) is 30.3 Å². The van der Waals surface area contributed by atoms with Gasteiger partial charge >= 0.3 is 0 Å². The molecule has 3 saturated carbocycles. The van der Waals surface area contributed by atoms with E-state index in [1.54, 1.807) is 5.38 Å². The topological polar surface area (TPSA) is 68.3 Å². The number of aromatic nitrogens is 1. The van der Waals surface area contributed by atoms with Crippen LogP contribution in [0.4, 0.5) is 4.39 Å². The smallest absolute Gasteiger partial charge is 0.271 e. The van der Waals surface area contributed by atoms with Crippen molar-refractivity contribution in [2.45, 2.75) is 31.2 Å². The molecule has 0 radical (unpaired) electrons. The van der Waals surface area contributed by atoms with Crippen molar-refractivity contribution in [3.63, 3.8) is 0 Å². The first kappa shape index (κ1) is 21.1. The van der Waals surface area contributed by atoms with E-state index in [0.717, 1.165) is 29.8 Å². The summed E-state index contributed by atoms with van der Waals surface area (Å²) < 4.78 is 18.9. The Kier molecular flexibility index (Phi) is 5.26. The number of hydrogen-bond donors (Lipinski definition) is 1. The Hall–Kier alpha value is -2.77. The van der Waals surface area contributed by atoms with E-state index in [-0.39, 0.29) is 40.0 Å². The van der Waals surface area contributed by atoms with Crippen LogP contribution in [0.5, 0.6) is 5.75 Å². The Bertz CT molecular complexity index is 1180. The van der Waals surface area contributed by atoms with Crippen LogP contribution in [-0.4, -0.2) is 28.8 Å². The summed E-state index contributed by atoms with van der Waals surface area (Å²) in [5, 5.41) is 5.72. The van der Waals surface area contributed by atoms with Crippen molar-refractivity contribution in [1.82, 2.24) is 10.3 Å². The van der Waals surface area contributed by atoms with Gasteiger partial charge in [0.05, 0.1) is 5.02 Å². The van der Waals surface area contributed by atoms with Gasteiger partial charge in [-0.2, -0.15) is 0 Å². The molecule has 2 aromatic carbocycles. The summed E-state index contributed by atoms with van der Waals surface area (Å²) in [6, 6.07) is 13.9. The fourth-order valence-electron chi connectivity index (χ4n) is 4.91. The molecule has 32 heavy (non-hydrogen) atoms. The van der Waals surface area contributed by atoms with Crippen LogP contribution in [0.2, 0.25) is 5.02 Å². The zero-order chi connectivity index (χ0) is 22.3. The zero-order valence-corrected chi connectivity index (χ0v) is 18.6. The number of rotatable bonds is 8. The first-order chi connectivity index (χ1) is 15.4. The molecule has 1 heterocycles. The third-order valence-corrected chi connectivity index (χ3v) is 7.34. The number of carbonyl (C=O) groups excluding carboxylic acids is 2. The summed E-state index contributed by atoms with van der Waals surface area (Å²) in [5.41, 5.74) is 1.12. The fraction of sp³-hybridized carbons (Fsp3) is 0.292. The molecular weight excluding hydrogens is 451 g/mol. The predicted molar refractivity (Wildman–Crippen MR) is 121 cm³/mol. The van der Waals surface area contributed by atoms with Crippen molar-refractivity contribution >= 4 is 34.6 Å². The van der Waals surface area contributed by atoms with Crippen LogP contribution in [0.25, 0.3) is 10.6 Å². The average Bonchev–Trinajstić information content (AvgIpc) is 3.23. The number of benzene rings is 2. The Morgan fingerprint density at radius 3 is 2.62 bits per heavy atom. The van der Waals surface area contributed by atoms with Gasteiger partial charge in [-0.15, -0.1) is 11.3 Å². The Balaban J connectivity index is 1.10. The van der Waals surface area contributed by atoms with E-state index in [0.29, 0.717) is 12.1 Å². The fourth-order valence-corrected chi connectivity index (χ4v) is 5.84. The predicted octanol–water partition coefficient (Wildman–Crippen LogP) is 5.29. The van der Waals surface area contributed by atoms with E-state index < -0.39 is 5.82 Å². The molecule has 0 spiro atoms. The maximum atomic E-state index is 13.5. The van der Waals surface area contributed by atoms with Crippen LogP contribution in [0.1, 0.15) is 36.2 Å². The number of nitrogens with one attached hydrogen (secondary N) is 1. The first-order valence-corrected chi connectivity index (χ1v) is 11.5. The summed E-state index contributed by atoms with van der Waals surface area (Å²) in [5.74, 6) is -0.507. The molecule has 3 fully saturated rings. The van der Waals surface area contributed by atoms with Gasteiger partial charge in [0.15, 0.2) is 5.78 Å². The molecule has 3 aliphatic rings. The number of carbonyl (C=O) groups is 2. The molecule has 1 aromatic heterocycles. The lowest BCUT2D eigenvalue weighted by Crippen LogP contribution is -2.75. The van der Waals surface area contributed by atoms with Crippen molar-refractivity contribution in [3.8, 4) is 16.3 Å². The lowest BCUT2D eigenvalue weighted by atomic mass is 9.38. The van der Waals surface area contributed by atoms with Gasteiger partial charge in [0.1, 0.15) is 28.9 Å². The van der Waals surface area contributed by atoms with Gasteiger partial charge in [-0.3, -0.25) is 9.59 Å². The highest BCUT2D eigenvalue weighted by Crippen LogP contribution is 2.69. The quantitative estimate of drug-likeness (QED) is 0.485. The van der Waals surface area contributed by atoms with Crippen LogP contribution >= 0.6 is 22.9 Å². The molecule has 0 atom stereocenters. The monoisotopic (exact) mass is 470 g/mol. The number of Topliss-reactive ketones (excluding diaryl/α,β-unsaturated/α-hetero) is 1. The Morgan fingerprint density at radius 1 is 1.16 bits per heavy atom. The molecular formula is C24H20ClFN2O3S. The third kappa shape index (κ3) is 4.02. The van der Waals surface area contributed by atoms with Gasteiger partial charge < -0.3 is 10.1 Å². The van der Waals surface area contributed by atoms with Crippen LogP contribution in [-0.2, 0) is 4.79 Å². The minimum Gasteiger partial charge on any atom is -0.486 e.